The SMILES string of the molecule is Cc1ccc(-c2cc(C(=O)NC(C)c3cnccn3)cc(-n3nnnc3C(C)O)c2)c(F)c1. The Morgan fingerprint density at radius 2 is 1.97 bits per heavy atom. The van der Waals surface area contributed by atoms with E-state index in [1.807, 2.05) is 0 Å². The number of aromatic nitrogens is 6. The van der Waals surface area contributed by atoms with Gasteiger partial charge >= 0.3 is 0 Å². The second-order valence-corrected chi connectivity index (χ2v) is 7.70. The zero-order valence-corrected chi connectivity index (χ0v) is 18.3. The maximum Gasteiger partial charge on any atom is 0.251 e. The Balaban J connectivity index is 1.79. The van der Waals surface area contributed by atoms with Crippen molar-refractivity contribution < 1.29 is 14.3 Å². The van der Waals surface area contributed by atoms with Gasteiger partial charge in [-0.1, -0.05) is 12.1 Å². The first-order valence-electron chi connectivity index (χ1n) is 10.3. The third kappa shape index (κ3) is 4.75. The van der Waals surface area contributed by atoms with Gasteiger partial charge in [0.25, 0.3) is 5.91 Å². The van der Waals surface area contributed by atoms with Crippen LogP contribution in [0.2, 0.25) is 0 Å². The summed E-state index contributed by atoms with van der Waals surface area (Å²) in [7, 11) is 0. The number of aliphatic hydroxyl groups is 1. The zero-order valence-electron chi connectivity index (χ0n) is 18.3. The molecule has 1 amide bonds. The lowest BCUT2D eigenvalue weighted by Gasteiger charge is -2.15. The lowest BCUT2D eigenvalue weighted by molar-refractivity contribution is 0.0939. The lowest BCUT2D eigenvalue weighted by atomic mass is 9.99. The molecule has 33 heavy (non-hydrogen) atoms. The summed E-state index contributed by atoms with van der Waals surface area (Å²) in [6.07, 6.45) is 3.72. The van der Waals surface area contributed by atoms with E-state index in [4.69, 9.17) is 0 Å². The van der Waals surface area contributed by atoms with Crippen molar-refractivity contribution in [3.8, 4) is 16.8 Å². The van der Waals surface area contributed by atoms with Gasteiger partial charge in [-0.3, -0.25) is 14.8 Å². The van der Waals surface area contributed by atoms with Gasteiger partial charge in [0.2, 0.25) is 0 Å². The average molecular weight is 447 g/mol. The molecule has 0 bridgehead atoms. The highest BCUT2D eigenvalue weighted by Gasteiger charge is 2.19. The Labute approximate surface area is 189 Å². The molecule has 0 fully saturated rings. The summed E-state index contributed by atoms with van der Waals surface area (Å²) in [6.45, 7) is 5.12. The predicted molar refractivity (Wildman–Crippen MR) is 118 cm³/mol. The van der Waals surface area contributed by atoms with E-state index in [1.165, 1.54) is 17.7 Å². The molecular weight excluding hydrogens is 425 g/mol. The number of hydrogen-bond donors (Lipinski definition) is 2. The molecule has 0 aliphatic carbocycles. The zero-order chi connectivity index (χ0) is 23.5. The number of aryl methyl sites for hydroxylation is 1. The number of carbonyl (C=O) groups excluding carboxylic acids is 1. The van der Waals surface area contributed by atoms with Crippen molar-refractivity contribution in [2.75, 3.05) is 0 Å². The van der Waals surface area contributed by atoms with Gasteiger partial charge in [-0.2, -0.15) is 4.68 Å². The minimum Gasteiger partial charge on any atom is -0.385 e. The molecule has 0 aliphatic heterocycles. The van der Waals surface area contributed by atoms with Crippen molar-refractivity contribution in [3.05, 3.63) is 83.5 Å². The largest absolute Gasteiger partial charge is 0.385 e. The minimum atomic E-state index is -0.950. The number of tetrazole rings is 1. The summed E-state index contributed by atoms with van der Waals surface area (Å²) in [6, 6.07) is 9.31. The lowest BCUT2D eigenvalue weighted by Crippen LogP contribution is -2.27. The first-order valence-corrected chi connectivity index (χ1v) is 10.3. The molecule has 0 saturated carbocycles. The number of amides is 1. The molecule has 0 saturated heterocycles. The van der Waals surface area contributed by atoms with Gasteiger partial charge in [0.05, 0.1) is 23.6 Å². The van der Waals surface area contributed by atoms with Crippen LogP contribution in [0, 0.1) is 12.7 Å². The van der Waals surface area contributed by atoms with E-state index in [1.54, 1.807) is 62.8 Å². The number of nitrogens with zero attached hydrogens (tertiary/aromatic N) is 6. The number of halogens is 1. The number of hydrogen-bond acceptors (Lipinski definition) is 7. The first kappa shape index (κ1) is 22.2. The first-order chi connectivity index (χ1) is 15.8. The molecule has 0 spiro atoms. The quantitative estimate of drug-likeness (QED) is 0.466. The topological polar surface area (TPSA) is 119 Å². The Morgan fingerprint density at radius 3 is 2.67 bits per heavy atom. The van der Waals surface area contributed by atoms with Crippen LogP contribution < -0.4 is 5.32 Å². The standard InChI is InChI=1S/C23H22FN7O2/c1-13-4-5-19(20(24)8-13)16-9-17(23(33)27-14(2)21-12-25-6-7-26-21)11-18(10-16)31-22(15(3)32)28-29-30-31/h4-12,14-15,32H,1-3H3,(H,27,33). The fourth-order valence-electron chi connectivity index (χ4n) is 3.40. The third-order valence-electron chi connectivity index (χ3n) is 5.10. The van der Waals surface area contributed by atoms with Gasteiger partial charge in [0, 0.05) is 23.5 Å². The van der Waals surface area contributed by atoms with Gasteiger partial charge in [-0.15, -0.1) is 5.10 Å². The molecular formula is C23H22FN7O2. The van der Waals surface area contributed by atoms with Crippen LogP contribution in [0.15, 0.2) is 55.0 Å². The molecule has 4 aromatic rings. The molecule has 2 heterocycles. The molecule has 2 N–H and O–H groups in total. The molecule has 4 rings (SSSR count). The fourth-order valence-corrected chi connectivity index (χ4v) is 3.40. The van der Waals surface area contributed by atoms with E-state index >= 15 is 0 Å². The maximum absolute atomic E-state index is 14.8. The predicted octanol–water partition coefficient (Wildman–Crippen LogP) is 3.11. The molecule has 168 valence electrons. The Bertz CT molecular complexity index is 1290. The number of carbonyl (C=O) groups is 1. The van der Waals surface area contributed by atoms with Gasteiger partial charge in [0.15, 0.2) is 5.82 Å². The normalized spacial score (nSPS) is 12.9. The monoisotopic (exact) mass is 447 g/mol. The highest BCUT2D eigenvalue weighted by Crippen LogP contribution is 2.28. The van der Waals surface area contributed by atoms with Crippen LogP contribution in [0.3, 0.4) is 0 Å². The smallest absolute Gasteiger partial charge is 0.251 e. The number of benzene rings is 2. The molecule has 0 radical (unpaired) electrons. The van der Waals surface area contributed by atoms with E-state index in [0.717, 1.165) is 5.56 Å². The highest BCUT2D eigenvalue weighted by molar-refractivity contribution is 5.96. The number of nitrogens with one attached hydrogen (secondary N) is 1. The van der Waals surface area contributed by atoms with Gasteiger partial charge < -0.3 is 10.4 Å². The van der Waals surface area contributed by atoms with E-state index in [9.17, 15) is 14.3 Å². The van der Waals surface area contributed by atoms with Crippen LogP contribution in [0.5, 0.6) is 0 Å². The summed E-state index contributed by atoms with van der Waals surface area (Å²) in [5.74, 6) is -0.620. The van der Waals surface area contributed by atoms with Crippen LogP contribution in [0.1, 0.15) is 53.4 Å². The molecule has 9 nitrogen and oxygen atoms in total. The second-order valence-electron chi connectivity index (χ2n) is 7.70. The molecule has 0 aliphatic rings. The Hall–Kier alpha value is -4.05. The van der Waals surface area contributed by atoms with Crippen LogP contribution in [0.4, 0.5) is 4.39 Å². The third-order valence-corrected chi connectivity index (χ3v) is 5.10. The Morgan fingerprint density at radius 1 is 1.15 bits per heavy atom. The number of aliphatic hydroxyl groups excluding tert-OH is 1. The molecule has 2 aromatic heterocycles. The van der Waals surface area contributed by atoms with E-state index in [2.05, 4.69) is 30.8 Å². The van der Waals surface area contributed by atoms with Crippen LogP contribution in [-0.2, 0) is 0 Å². The summed E-state index contributed by atoms with van der Waals surface area (Å²) in [4.78, 5) is 21.4. The van der Waals surface area contributed by atoms with Gasteiger partial charge in [-0.05, 0) is 66.6 Å². The summed E-state index contributed by atoms with van der Waals surface area (Å²) in [5.41, 5.74) is 2.85. The molecule has 2 aromatic carbocycles. The van der Waals surface area contributed by atoms with Gasteiger partial charge in [-0.25, -0.2) is 4.39 Å². The van der Waals surface area contributed by atoms with E-state index in [-0.39, 0.29) is 11.4 Å². The second kappa shape index (κ2) is 9.21. The van der Waals surface area contributed by atoms with E-state index < -0.39 is 23.9 Å². The highest BCUT2D eigenvalue weighted by atomic mass is 19.1. The van der Waals surface area contributed by atoms with Crippen LogP contribution in [-0.4, -0.2) is 41.2 Å². The molecule has 2 unspecified atom stereocenters. The minimum absolute atomic E-state index is 0.191. The molecule has 10 heteroatoms. The summed E-state index contributed by atoms with van der Waals surface area (Å²) in [5, 5.41) is 24.3. The maximum atomic E-state index is 14.8. The van der Waals surface area contributed by atoms with Gasteiger partial charge in [0.1, 0.15) is 11.9 Å². The van der Waals surface area contributed by atoms with Crippen LogP contribution >= 0.6 is 0 Å². The van der Waals surface area contributed by atoms with Crippen molar-refractivity contribution in [2.45, 2.75) is 32.9 Å². The van der Waals surface area contributed by atoms with Crippen molar-refractivity contribution >= 4 is 5.91 Å². The summed E-state index contributed by atoms with van der Waals surface area (Å²) >= 11 is 0. The Kier molecular flexibility index (Phi) is 6.18. The van der Waals surface area contributed by atoms with Crippen molar-refractivity contribution in [2.24, 2.45) is 0 Å². The van der Waals surface area contributed by atoms with Crippen molar-refractivity contribution in [1.82, 2.24) is 35.5 Å². The van der Waals surface area contributed by atoms with Crippen molar-refractivity contribution in [3.63, 3.8) is 0 Å². The van der Waals surface area contributed by atoms with E-state index in [0.29, 0.717) is 22.5 Å². The fraction of sp³-hybridized carbons (Fsp3) is 0.217. The molecule has 2 atom stereocenters. The average Bonchev–Trinajstić information content (AvgIpc) is 3.30. The van der Waals surface area contributed by atoms with Crippen LogP contribution in [0.25, 0.3) is 16.8 Å². The van der Waals surface area contributed by atoms with Crippen molar-refractivity contribution in [1.29, 1.82) is 0 Å². The number of rotatable bonds is 6. The summed E-state index contributed by atoms with van der Waals surface area (Å²) < 4.78 is 16.1.